The molecule has 1 atom stereocenters. The van der Waals surface area contributed by atoms with Gasteiger partial charge < -0.3 is 15.4 Å². The molecule has 3 aromatic rings. The van der Waals surface area contributed by atoms with E-state index in [1.165, 1.54) is 12.1 Å². The molecule has 12 nitrogen and oxygen atoms in total. The fraction of sp³-hybridized carbons (Fsp3) is 0.269. The van der Waals surface area contributed by atoms with Crippen molar-refractivity contribution in [2.45, 2.75) is 45.6 Å². The zero-order chi connectivity index (χ0) is 30.4. The molecule has 3 N–H and O–H groups in total. The number of alkyl halides is 3. The van der Waals surface area contributed by atoms with Crippen molar-refractivity contribution in [2.75, 3.05) is 0 Å². The van der Waals surface area contributed by atoms with Crippen molar-refractivity contribution in [3.05, 3.63) is 93.2 Å². The van der Waals surface area contributed by atoms with Gasteiger partial charge >= 0.3 is 12.1 Å². The van der Waals surface area contributed by atoms with Crippen LogP contribution in [0.3, 0.4) is 0 Å². The standard InChI is InChI=1S/C26H24F4N8O4/c1-14-3-8-19(15(2)4-6-17(9-14)38-25(41)35-36-37-38)34-24(40)21-11-20(32-13-33-21)23(39)31-12-16-5-7-18(27)22(10-16)42-26(28,29)30/h4-7,9-11,13,19H,3,8,12H2,1-2H3,(H,31,39)(H,34,40)(H,35,37,41)/b14-9+,15-4+,17-6+. The highest BCUT2D eigenvalue weighted by molar-refractivity contribution is 5.97. The number of ether oxygens (including phenoxy) is 1. The van der Waals surface area contributed by atoms with Gasteiger partial charge in [-0.2, -0.15) is 4.68 Å². The van der Waals surface area contributed by atoms with Gasteiger partial charge in [-0.1, -0.05) is 23.3 Å². The molecule has 0 radical (unpaired) electrons. The molecule has 0 saturated heterocycles. The normalized spacial score (nSPS) is 19.5. The molecule has 1 unspecified atom stereocenters. The van der Waals surface area contributed by atoms with Crippen LogP contribution in [0.25, 0.3) is 5.70 Å². The lowest BCUT2D eigenvalue weighted by Gasteiger charge is -2.19. The Bertz CT molecular complexity index is 1640. The van der Waals surface area contributed by atoms with E-state index in [4.69, 9.17) is 0 Å². The molecule has 2 heterocycles. The second-order valence-electron chi connectivity index (χ2n) is 9.26. The van der Waals surface area contributed by atoms with Crippen LogP contribution < -0.4 is 21.1 Å². The monoisotopic (exact) mass is 588 g/mol. The summed E-state index contributed by atoms with van der Waals surface area (Å²) in [5.74, 6) is -3.57. The number of nitrogens with one attached hydrogen (secondary N) is 3. The number of allylic oxidation sites excluding steroid dienone is 5. The summed E-state index contributed by atoms with van der Waals surface area (Å²) >= 11 is 0. The third-order valence-corrected chi connectivity index (χ3v) is 6.12. The maximum atomic E-state index is 13.7. The molecule has 1 aromatic carbocycles. The Hall–Kier alpha value is -5.15. The number of tetrazole rings is 1. The van der Waals surface area contributed by atoms with Crippen LogP contribution in [0.15, 0.2) is 64.8 Å². The van der Waals surface area contributed by atoms with Gasteiger partial charge in [-0.25, -0.2) is 24.3 Å². The number of benzene rings is 1. The molecule has 2 amide bonds. The minimum absolute atomic E-state index is 0.0943. The van der Waals surface area contributed by atoms with Crippen molar-refractivity contribution in [3.63, 3.8) is 0 Å². The van der Waals surface area contributed by atoms with Gasteiger partial charge in [-0.15, -0.1) is 13.2 Å². The minimum atomic E-state index is -5.09. The first kappa shape index (κ1) is 29.8. The van der Waals surface area contributed by atoms with E-state index in [2.05, 4.69) is 40.9 Å². The number of H-pyrrole nitrogens is 1. The molecule has 42 heavy (non-hydrogen) atoms. The first-order chi connectivity index (χ1) is 19.9. The summed E-state index contributed by atoms with van der Waals surface area (Å²) in [4.78, 5) is 45.5. The highest BCUT2D eigenvalue weighted by Crippen LogP contribution is 2.26. The lowest BCUT2D eigenvalue weighted by Crippen LogP contribution is -2.36. The average molecular weight is 589 g/mol. The maximum Gasteiger partial charge on any atom is 0.573 e. The zero-order valence-corrected chi connectivity index (χ0v) is 22.2. The lowest BCUT2D eigenvalue weighted by atomic mass is 10.0. The summed E-state index contributed by atoms with van der Waals surface area (Å²) in [5.41, 5.74) is 1.57. The molecular weight excluding hydrogens is 564 g/mol. The molecule has 1 aliphatic rings. The van der Waals surface area contributed by atoms with Crippen molar-refractivity contribution in [3.8, 4) is 5.75 Å². The molecular formula is C26H24F4N8O4. The van der Waals surface area contributed by atoms with Crippen LogP contribution in [0.5, 0.6) is 5.75 Å². The Balaban J connectivity index is 1.44. The van der Waals surface area contributed by atoms with Gasteiger partial charge in [0.05, 0.1) is 11.7 Å². The highest BCUT2D eigenvalue weighted by atomic mass is 19.4. The Kier molecular flexibility index (Phi) is 8.93. The summed E-state index contributed by atoms with van der Waals surface area (Å²) in [6, 6.07) is 3.54. The van der Waals surface area contributed by atoms with Gasteiger partial charge in [0.1, 0.15) is 17.7 Å². The van der Waals surface area contributed by atoms with Crippen molar-refractivity contribution < 1.29 is 31.9 Å². The number of aromatic nitrogens is 6. The number of aromatic amines is 1. The quantitative estimate of drug-likeness (QED) is 0.356. The van der Waals surface area contributed by atoms with E-state index in [0.29, 0.717) is 18.5 Å². The summed E-state index contributed by atoms with van der Waals surface area (Å²) in [7, 11) is 0. The van der Waals surface area contributed by atoms with E-state index in [-0.39, 0.29) is 23.5 Å². The summed E-state index contributed by atoms with van der Waals surface area (Å²) in [6.45, 7) is 3.42. The number of hydrogen-bond donors (Lipinski definition) is 3. The molecule has 0 saturated carbocycles. The van der Waals surface area contributed by atoms with E-state index in [9.17, 15) is 31.9 Å². The third kappa shape index (κ3) is 7.74. The van der Waals surface area contributed by atoms with E-state index >= 15 is 0 Å². The molecule has 0 bridgehead atoms. The summed E-state index contributed by atoms with van der Waals surface area (Å²) in [5, 5.41) is 14.8. The zero-order valence-electron chi connectivity index (χ0n) is 22.2. The smallest absolute Gasteiger partial charge is 0.403 e. The van der Waals surface area contributed by atoms with Crippen LogP contribution in [0, 0.1) is 5.82 Å². The van der Waals surface area contributed by atoms with E-state index in [1.54, 1.807) is 18.2 Å². The molecule has 220 valence electrons. The van der Waals surface area contributed by atoms with Gasteiger partial charge in [-0.05, 0) is 67.0 Å². The number of halogens is 4. The SMILES string of the molecule is C\C1=C/C(n2nn[nH]c2=O)=C\C=C(/C)C(NC(=O)c2cc(C(=O)NCc3ccc(F)c(OC(F)(F)F)c3)ncn2)CC1. The first-order valence-electron chi connectivity index (χ1n) is 12.4. The molecule has 0 spiro atoms. The topological polar surface area (TPSA) is 157 Å². The molecule has 16 heteroatoms. The predicted molar refractivity (Wildman–Crippen MR) is 139 cm³/mol. The number of carbonyl (C=O) groups excluding carboxylic acids is 2. The van der Waals surface area contributed by atoms with Crippen molar-refractivity contribution in [2.24, 2.45) is 0 Å². The molecule has 4 rings (SSSR count). The van der Waals surface area contributed by atoms with Crippen LogP contribution in [-0.2, 0) is 6.54 Å². The van der Waals surface area contributed by atoms with E-state index in [0.717, 1.165) is 34.3 Å². The summed E-state index contributed by atoms with van der Waals surface area (Å²) in [6.07, 6.45) is 2.27. The van der Waals surface area contributed by atoms with Crippen molar-refractivity contribution >= 4 is 17.5 Å². The molecule has 0 aliphatic heterocycles. The number of nitrogens with zero attached hydrogens (tertiary/aromatic N) is 5. The van der Waals surface area contributed by atoms with Crippen LogP contribution in [0.1, 0.15) is 53.2 Å². The fourth-order valence-corrected chi connectivity index (χ4v) is 3.96. The second-order valence-corrected chi connectivity index (χ2v) is 9.26. The van der Waals surface area contributed by atoms with E-state index < -0.39 is 41.5 Å². The van der Waals surface area contributed by atoms with Crippen molar-refractivity contribution in [1.82, 2.24) is 40.8 Å². The summed E-state index contributed by atoms with van der Waals surface area (Å²) < 4.78 is 55.9. The fourth-order valence-electron chi connectivity index (χ4n) is 3.96. The third-order valence-electron chi connectivity index (χ3n) is 6.12. The van der Waals surface area contributed by atoms with Crippen LogP contribution in [0.4, 0.5) is 17.6 Å². The van der Waals surface area contributed by atoms with E-state index in [1.807, 2.05) is 13.8 Å². The largest absolute Gasteiger partial charge is 0.573 e. The van der Waals surface area contributed by atoms with Crippen LogP contribution in [-0.4, -0.2) is 54.4 Å². The Morgan fingerprint density at radius 1 is 1.12 bits per heavy atom. The highest BCUT2D eigenvalue weighted by Gasteiger charge is 2.32. The lowest BCUT2D eigenvalue weighted by molar-refractivity contribution is -0.275. The second kappa shape index (κ2) is 12.6. The van der Waals surface area contributed by atoms with Gasteiger partial charge in [0.2, 0.25) is 0 Å². The molecule has 0 fully saturated rings. The first-order valence-corrected chi connectivity index (χ1v) is 12.4. The van der Waals surface area contributed by atoms with Gasteiger partial charge in [0.25, 0.3) is 11.8 Å². The van der Waals surface area contributed by atoms with Gasteiger partial charge in [-0.3, -0.25) is 9.59 Å². The number of rotatable bonds is 7. The molecule has 1 aliphatic carbocycles. The maximum absolute atomic E-state index is 13.7. The van der Waals surface area contributed by atoms with Gasteiger partial charge in [0.15, 0.2) is 11.6 Å². The number of hydrogen-bond acceptors (Lipinski definition) is 8. The Morgan fingerprint density at radius 3 is 2.55 bits per heavy atom. The predicted octanol–water partition coefficient (Wildman–Crippen LogP) is 3.05. The van der Waals surface area contributed by atoms with Crippen LogP contribution >= 0.6 is 0 Å². The minimum Gasteiger partial charge on any atom is -0.403 e. The number of amides is 2. The van der Waals surface area contributed by atoms with Crippen LogP contribution in [0.2, 0.25) is 0 Å². The Morgan fingerprint density at radius 2 is 1.86 bits per heavy atom. The molecule has 2 aromatic heterocycles. The van der Waals surface area contributed by atoms with Gasteiger partial charge in [0, 0.05) is 12.6 Å². The van der Waals surface area contributed by atoms with Crippen molar-refractivity contribution in [1.29, 1.82) is 0 Å². The number of carbonyl (C=O) groups is 2. The Labute approximate surface area is 235 Å². The average Bonchev–Trinajstić information content (AvgIpc) is 3.39.